The van der Waals surface area contributed by atoms with Gasteiger partial charge in [0.25, 0.3) is 15.7 Å². The predicted octanol–water partition coefficient (Wildman–Crippen LogP) is 5.40. The SMILES string of the molecule is CCC(C(=O)NC(C)C)N(Cc1ccc(C)cc1)C(=O)CN(c1cc(Cl)ccc1OC)S(=O)(=O)c1ccc(C)c([N+](=O)[O-])c1. The van der Waals surface area contributed by atoms with Gasteiger partial charge < -0.3 is 15.0 Å². The van der Waals surface area contributed by atoms with Gasteiger partial charge in [-0.05, 0) is 63.9 Å². The van der Waals surface area contributed by atoms with Crippen LogP contribution in [0.3, 0.4) is 0 Å². The van der Waals surface area contributed by atoms with Crippen molar-refractivity contribution >= 4 is 44.8 Å². The monoisotopic (exact) mass is 644 g/mol. The zero-order chi connectivity index (χ0) is 32.8. The lowest BCUT2D eigenvalue weighted by Gasteiger charge is -2.34. The van der Waals surface area contributed by atoms with Crippen LogP contribution in [0.1, 0.15) is 43.9 Å². The van der Waals surface area contributed by atoms with E-state index >= 15 is 0 Å². The molecule has 0 saturated carbocycles. The average molecular weight is 645 g/mol. The summed E-state index contributed by atoms with van der Waals surface area (Å²) < 4.78 is 34.7. The number of halogens is 1. The summed E-state index contributed by atoms with van der Waals surface area (Å²) in [5.41, 5.74) is 1.57. The van der Waals surface area contributed by atoms with Crippen LogP contribution in [0.25, 0.3) is 0 Å². The molecule has 1 atom stereocenters. The molecule has 3 aromatic carbocycles. The van der Waals surface area contributed by atoms with Crippen LogP contribution in [0, 0.1) is 24.0 Å². The average Bonchev–Trinajstić information content (AvgIpc) is 2.96. The van der Waals surface area contributed by atoms with E-state index in [4.69, 9.17) is 16.3 Å². The van der Waals surface area contributed by atoms with Crippen LogP contribution in [-0.2, 0) is 26.2 Å². The van der Waals surface area contributed by atoms with Gasteiger partial charge in [0, 0.05) is 29.2 Å². The van der Waals surface area contributed by atoms with E-state index in [2.05, 4.69) is 5.32 Å². The van der Waals surface area contributed by atoms with E-state index in [1.807, 2.05) is 31.2 Å². The molecule has 236 valence electrons. The van der Waals surface area contributed by atoms with Gasteiger partial charge in [0.15, 0.2) is 0 Å². The summed E-state index contributed by atoms with van der Waals surface area (Å²) in [4.78, 5) is 39.5. The van der Waals surface area contributed by atoms with Gasteiger partial charge >= 0.3 is 0 Å². The maximum Gasteiger partial charge on any atom is 0.273 e. The van der Waals surface area contributed by atoms with Crippen molar-refractivity contribution in [3.8, 4) is 5.75 Å². The molecule has 0 saturated heterocycles. The fourth-order valence-corrected chi connectivity index (χ4v) is 6.24. The number of hydrogen-bond donors (Lipinski definition) is 1. The third-order valence-corrected chi connectivity index (χ3v) is 8.93. The minimum absolute atomic E-state index is 0.0275. The lowest BCUT2D eigenvalue weighted by Crippen LogP contribution is -2.53. The first-order chi connectivity index (χ1) is 20.7. The van der Waals surface area contributed by atoms with Crippen molar-refractivity contribution in [1.29, 1.82) is 0 Å². The number of nitrogens with one attached hydrogen (secondary N) is 1. The van der Waals surface area contributed by atoms with E-state index in [0.29, 0.717) is 0 Å². The largest absolute Gasteiger partial charge is 0.495 e. The van der Waals surface area contributed by atoms with Gasteiger partial charge in [0.05, 0.1) is 22.6 Å². The molecule has 0 aliphatic rings. The molecular formula is C31H37ClN4O7S. The molecule has 11 nitrogen and oxygen atoms in total. The van der Waals surface area contributed by atoms with E-state index in [-0.39, 0.29) is 46.9 Å². The number of nitro groups is 1. The van der Waals surface area contributed by atoms with E-state index in [1.165, 1.54) is 49.3 Å². The maximum absolute atomic E-state index is 14.2. The number of hydrogen-bond acceptors (Lipinski definition) is 7. The first-order valence-electron chi connectivity index (χ1n) is 14.0. The van der Waals surface area contributed by atoms with Crippen LogP contribution >= 0.6 is 11.6 Å². The Bertz CT molecular complexity index is 1630. The molecule has 0 heterocycles. The summed E-state index contributed by atoms with van der Waals surface area (Å²) in [5.74, 6) is -0.961. The molecule has 0 radical (unpaired) electrons. The summed E-state index contributed by atoms with van der Waals surface area (Å²) in [7, 11) is -3.28. The normalized spacial score (nSPS) is 12.0. The van der Waals surface area contributed by atoms with E-state index in [0.717, 1.165) is 21.5 Å². The number of amides is 2. The van der Waals surface area contributed by atoms with Crippen molar-refractivity contribution in [2.24, 2.45) is 0 Å². The number of aryl methyl sites for hydroxylation is 2. The Morgan fingerprint density at radius 2 is 1.70 bits per heavy atom. The minimum atomic E-state index is -4.61. The zero-order valence-electron chi connectivity index (χ0n) is 25.5. The van der Waals surface area contributed by atoms with Crippen LogP contribution in [0.4, 0.5) is 11.4 Å². The summed E-state index contributed by atoms with van der Waals surface area (Å²) in [6, 6.07) is 14.1. The highest BCUT2D eigenvalue weighted by atomic mass is 35.5. The summed E-state index contributed by atoms with van der Waals surface area (Å²) in [5, 5.41) is 14.7. The van der Waals surface area contributed by atoms with Gasteiger partial charge in [0.1, 0.15) is 18.3 Å². The predicted molar refractivity (Wildman–Crippen MR) is 169 cm³/mol. The Labute approximate surface area is 263 Å². The molecule has 3 aromatic rings. The molecule has 1 N–H and O–H groups in total. The molecule has 0 aromatic heterocycles. The Hall–Kier alpha value is -4.16. The number of anilines is 1. The topological polar surface area (TPSA) is 139 Å². The molecule has 0 bridgehead atoms. The van der Waals surface area contributed by atoms with Crippen molar-refractivity contribution in [2.75, 3.05) is 18.0 Å². The van der Waals surface area contributed by atoms with Crippen LogP contribution in [0.2, 0.25) is 5.02 Å². The van der Waals surface area contributed by atoms with Gasteiger partial charge in [-0.15, -0.1) is 0 Å². The number of benzene rings is 3. The number of carbonyl (C=O) groups excluding carboxylic acids is 2. The first-order valence-corrected chi connectivity index (χ1v) is 15.8. The van der Waals surface area contributed by atoms with Crippen LogP contribution < -0.4 is 14.4 Å². The summed E-state index contributed by atoms with van der Waals surface area (Å²) in [6.07, 6.45) is 0.257. The third-order valence-electron chi connectivity index (χ3n) is 6.94. The second-order valence-corrected chi connectivity index (χ2v) is 12.9. The lowest BCUT2D eigenvalue weighted by atomic mass is 10.1. The number of nitro benzene ring substituents is 1. The lowest BCUT2D eigenvalue weighted by molar-refractivity contribution is -0.385. The fraction of sp³-hybridized carbons (Fsp3) is 0.355. The molecular weight excluding hydrogens is 608 g/mol. The number of nitrogens with zero attached hydrogens (tertiary/aromatic N) is 3. The Morgan fingerprint density at radius 1 is 1.05 bits per heavy atom. The van der Waals surface area contributed by atoms with E-state index < -0.39 is 44.0 Å². The second-order valence-electron chi connectivity index (χ2n) is 10.6. The fourth-order valence-electron chi connectivity index (χ4n) is 4.64. The molecule has 44 heavy (non-hydrogen) atoms. The molecule has 13 heteroatoms. The van der Waals surface area contributed by atoms with Gasteiger partial charge in [-0.2, -0.15) is 0 Å². The van der Waals surface area contributed by atoms with E-state index in [1.54, 1.807) is 20.8 Å². The molecule has 0 aliphatic carbocycles. The zero-order valence-corrected chi connectivity index (χ0v) is 27.1. The highest BCUT2D eigenvalue weighted by molar-refractivity contribution is 7.92. The minimum Gasteiger partial charge on any atom is -0.495 e. The van der Waals surface area contributed by atoms with Crippen molar-refractivity contribution in [3.63, 3.8) is 0 Å². The summed E-state index contributed by atoms with van der Waals surface area (Å²) in [6.45, 7) is 8.06. The number of ether oxygens (including phenoxy) is 1. The Balaban J connectivity index is 2.19. The van der Waals surface area contributed by atoms with Gasteiger partial charge in [0.2, 0.25) is 11.8 Å². The standard InChI is InChI=1S/C31H37ClN4O7S/c1-7-26(31(38)33-20(2)3)34(18-23-11-8-21(4)9-12-23)30(37)19-35(28-16-24(32)13-15-29(28)43-6)44(41,42)25-14-10-22(5)27(17-25)36(39)40/h8-17,20,26H,7,18-19H2,1-6H3,(H,33,38). The Morgan fingerprint density at radius 3 is 2.27 bits per heavy atom. The number of rotatable bonds is 13. The number of sulfonamides is 1. The number of carbonyl (C=O) groups is 2. The highest BCUT2D eigenvalue weighted by Gasteiger charge is 2.35. The van der Waals surface area contributed by atoms with Crippen LogP contribution in [0.5, 0.6) is 5.75 Å². The van der Waals surface area contributed by atoms with Gasteiger partial charge in [-0.1, -0.05) is 54.4 Å². The third kappa shape index (κ3) is 8.06. The smallest absolute Gasteiger partial charge is 0.273 e. The van der Waals surface area contributed by atoms with Crippen molar-refractivity contribution < 1.29 is 27.7 Å². The summed E-state index contributed by atoms with van der Waals surface area (Å²) >= 11 is 6.27. The van der Waals surface area contributed by atoms with Gasteiger partial charge in [-0.3, -0.25) is 24.0 Å². The molecule has 3 rings (SSSR count). The second kappa shape index (κ2) is 14.5. The van der Waals surface area contributed by atoms with Crippen LogP contribution in [-0.4, -0.2) is 55.8 Å². The molecule has 0 fully saturated rings. The highest BCUT2D eigenvalue weighted by Crippen LogP contribution is 2.36. The number of methoxy groups -OCH3 is 1. The van der Waals surface area contributed by atoms with Gasteiger partial charge in [-0.25, -0.2) is 8.42 Å². The van der Waals surface area contributed by atoms with Crippen LogP contribution in [0.15, 0.2) is 65.6 Å². The molecule has 0 aliphatic heterocycles. The molecule has 1 unspecified atom stereocenters. The van der Waals surface area contributed by atoms with Crippen molar-refractivity contribution in [1.82, 2.24) is 10.2 Å². The van der Waals surface area contributed by atoms with Crippen molar-refractivity contribution in [3.05, 3.63) is 92.5 Å². The Kier molecular flexibility index (Phi) is 11.3. The first kappa shape index (κ1) is 34.3. The molecule has 2 amide bonds. The maximum atomic E-state index is 14.2. The van der Waals surface area contributed by atoms with E-state index in [9.17, 15) is 28.1 Å². The quantitative estimate of drug-likeness (QED) is 0.194. The molecule has 0 spiro atoms. The van der Waals surface area contributed by atoms with Crippen molar-refractivity contribution in [2.45, 2.75) is 64.6 Å².